The summed E-state index contributed by atoms with van der Waals surface area (Å²) < 4.78 is 10.5. The zero-order valence-corrected chi connectivity index (χ0v) is 14.6. The van der Waals surface area contributed by atoms with Gasteiger partial charge in [0.2, 0.25) is 0 Å². The Labute approximate surface area is 146 Å². The molecule has 24 heavy (non-hydrogen) atoms. The van der Waals surface area contributed by atoms with Crippen LogP contribution in [0.5, 0.6) is 11.5 Å². The monoisotopic (exact) mass is 346 g/mol. The van der Waals surface area contributed by atoms with Gasteiger partial charge in [-0.3, -0.25) is 4.79 Å². The Kier molecular flexibility index (Phi) is 6.21. The molecule has 0 heterocycles. The van der Waals surface area contributed by atoms with Gasteiger partial charge in [0, 0.05) is 5.02 Å². The lowest BCUT2D eigenvalue weighted by atomic mass is 10.1. The van der Waals surface area contributed by atoms with Crippen molar-refractivity contribution in [2.45, 2.75) is 13.8 Å². The number of nitrogens with one attached hydrogen (secondary N) is 1. The summed E-state index contributed by atoms with van der Waals surface area (Å²) in [5, 5.41) is 4.73. The largest absolute Gasteiger partial charge is 0.497 e. The predicted molar refractivity (Wildman–Crippen MR) is 95.0 cm³/mol. The van der Waals surface area contributed by atoms with Gasteiger partial charge >= 0.3 is 0 Å². The first-order chi connectivity index (χ1) is 11.5. The van der Waals surface area contributed by atoms with Crippen molar-refractivity contribution < 1.29 is 14.3 Å². The summed E-state index contributed by atoms with van der Waals surface area (Å²) in [7, 11) is 1.61. The number of benzene rings is 2. The highest BCUT2D eigenvalue weighted by molar-refractivity contribution is 6.31. The van der Waals surface area contributed by atoms with Crippen LogP contribution in [-0.4, -0.2) is 25.3 Å². The Morgan fingerprint density at radius 3 is 2.46 bits per heavy atom. The van der Waals surface area contributed by atoms with Crippen LogP contribution in [0.3, 0.4) is 0 Å². The molecule has 0 radical (unpaired) electrons. The van der Waals surface area contributed by atoms with Gasteiger partial charge in [0.05, 0.1) is 12.8 Å². The summed E-state index contributed by atoms with van der Waals surface area (Å²) in [5.74, 6) is 1.01. The van der Waals surface area contributed by atoms with Crippen LogP contribution in [0.15, 0.2) is 47.6 Å². The smallest absolute Gasteiger partial charge is 0.277 e. The Morgan fingerprint density at radius 2 is 1.83 bits per heavy atom. The summed E-state index contributed by atoms with van der Waals surface area (Å²) in [6, 6.07) is 12.6. The number of hydrogen-bond donors (Lipinski definition) is 1. The Morgan fingerprint density at radius 1 is 1.17 bits per heavy atom. The number of hydrogen-bond acceptors (Lipinski definition) is 4. The highest BCUT2D eigenvalue weighted by Crippen LogP contribution is 2.20. The van der Waals surface area contributed by atoms with Gasteiger partial charge in [0.1, 0.15) is 11.5 Å². The number of ether oxygens (including phenoxy) is 2. The molecule has 0 aliphatic heterocycles. The van der Waals surface area contributed by atoms with Crippen molar-refractivity contribution in [2.75, 3.05) is 13.7 Å². The molecule has 0 fully saturated rings. The number of rotatable bonds is 6. The van der Waals surface area contributed by atoms with E-state index in [1.165, 1.54) is 0 Å². The molecule has 0 bridgehead atoms. The summed E-state index contributed by atoms with van der Waals surface area (Å²) in [4.78, 5) is 11.8. The third-order valence-electron chi connectivity index (χ3n) is 3.36. The highest BCUT2D eigenvalue weighted by atomic mass is 35.5. The van der Waals surface area contributed by atoms with Crippen molar-refractivity contribution in [3.05, 3.63) is 58.6 Å². The van der Waals surface area contributed by atoms with E-state index in [2.05, 4.69) is 10.5 Å². The predicted octanol–water partition coefficient (Wildman–Crippen LogP) is 3.58. The van der Waals surface area contributed by atoms with Crippen molar-refractivity contribution in [1.29, 1.82) is 0 Å². The van der Waals surface area contributed by atoms with E-state index in [1.807, 2.05) is 38.1 Å². The molecule has 0 atom stereocenters. The van der Waals surface area contributed by atoms with Crippen LogP contribution < -0.4 is 14.9 Å². The summed E-state index contributed by atoms with van der Waals surface area (Å²) >= 11 is 5.94. The first-order valence-corrected chi connectivity index (χ1v) is 7.74. The molecular formula is C18H19ClN2O3. The fourth-order valence-corrected chi connectivity index (χ4v) is 2.05. The number of hydrazone groups is 1. The Bertz CT molecular complexity index is 742. The van der Waals surface area contributed by atoms with Crippen molar-refractivity contribution in [3.8, 4) is 11.5 Å². The molecule has 0 aliphatic rings. The van der Waals surface area contributed by atoms with Gasteiger partial charge < -0.3 is 9.47 Å². The average Bonchev–Trinajstić information content (AvgIpc) is 2.60. The van der Waals surface area contributed by atoms with Gasteiger partial charge in [-0.05, 0) is 67.4 Å². The van der Waals surface area contributed by atoms with E-state index in [0.29, 0.717) is 16.5 Å². The molecule has 6 heteroatoms. The van der Waals surface area contributed by atoms with Gasteiger partial charge in [-0.15, -0.1) is 0 Å². The van der Waals surface area contributed by atoms with E-state index >= 15 is 0 Å². The minimum Gasteiger partial charge on any atom is -0.497 e. The maximum Gasteiger partial charge on any atom is 0.277 e. The van der Waals surface area contributed by atoms with Gasteiger partial charge in [-0.25, -0.2) is 5.43 Å². The van der Waals surface area contributed by atoms with E-state index in [-0.39, 0.29) is 12.5 Å². The molecule has 1 N–H and O–H groups in total. The molecule has 0 spiro atoms. The molecule has 1 amide bonds. The normalized spacial score (nSPS) is 11.1. The molecule has 126 valence electrons. The molecule has 0 saturated carbocycles. The molecule has 2 rings (SSSR count). The van der Waals surface area contributed by atoms with E-state index < -0.39 is 0 Å². The highest BCUT2D eigenvalue weighted by Gasteiger charge is 2.04. The Balaban J connectivity index is 1.87. The summed E-state index contributed by atoms with van der Waals surface area (Å²) in [5.41, 5.74) is 4.95. The van der Waals surface area contributed by atoms with Crippen LogP contribution in [0.25, 0.3) is 0 Å². The Hall–Kier alpha value is -2.53. The lowest BCUT2D eigenvalue weighted by Gasteiger charge is -2.07. The zero-order chi connectivity index (χ0) is 17.5. The molecule has 2 aromatic carbocycles. The lowest BCUT2D eigenvalue weighted by Crippen LogP contribution is -2.25. The van der Waals surface area contributed by atoms with Crippen molar-refractivity contribution in [2.24, 2.45) is 5.10 Å². The topological polar surface area (TPSA) is 59.9 Å². The van der Waals surface area contributed by atoms with Gasteiger partial charge in [-0.2, -0.15) is 5.10 Å². The molecule has 2 aromatic rings. The SMILES string of the molecule is COc1ccc(/C(C)=N/NC(=O)COc2ccc(Cl)c(C)c2)cc1. The third kappa shape index (κ3) is 4.99. The molecule has 0 saturated heterocycles. The third-order valence-corrected chi connectivity index (χ3v) is 3.78. The summed E-state index contributed by atoms with van der Waals surface area (Å²) in [6.07, 6.45) is 0. The fraction of sp³-hybridized carbons (Fsp3) is 0.222. The van der Waals surface area contributed by atoms with Crippen LogP contribution >= 0.6 is 11.6 Å². The van der Waals surface area contributed by atoms with E-state index in [1.54, 1.807) is 25.3 Å². The van der Waals surface area contributed by atoms with Crippen LogP contribution in [0.1, 0.15) is 18.1 Å². The van der Waals surface area contributed by atoms with Crippen molar-refractivity contribution in [3.63, 3.8) is 0 Å². The molecule has 0 aromatic heterocycles. The van der Waals surface area contributed by atoms with Crippen LogP contribution in [0.4, 0.5) is 0 Å². The quantitative estimate of drug-likeness (QED) is 0.642. The number of carbonyl (C=O) groups excluding carboxylic acids is 1. The number of nitrogens with zero attached hydrogens (tertiary/aromatic N) is 1. The van der Waals surface area contributed by atoms with Gasteiger partial charge in [0.25, 0.3) is 5.91 Å². The van der Waals surface area contributed by atoms with Crippen molar-refractivity contribution in [1.82, 2.24) is 5.43 Å². The first kappa shape index (κ1) is 17.8. The first-order valence-electron chi connectivity index (χ1n) is 7.36. The maximum absolute atomic E-state index is 11.8. The number of methoxy groups -OCH3 is 1. The lowest BCUT2D eigenvalue weighted by molar-refractivity contribution is -0.123. The standard InChI is InChI=1S/C18H19ClN2O3/c1-12-10-16(8-9-17(12)19)24-11-18(22)21-20-13(2)14-4-6-15(23-3)7-5-14/h4-10H,11H2,1-3H3,(H,21,22)/b20-13+. The molecule has 0 aliphatic carbocycles. The number of carbonyl (C=O) groups is 1. The minimum atomic E-state index is -0.338. The molecular weight excluding hydrogens is 328 g/mol. The van der Waals surface area contributed by atoms with E-state index in [0.717, 1.165) is 16.9 Å². The second-order valence-corrected chi connectivity index (χ2v) is 5.57. The average molecular weight is 347 g/mol. The second-order valence-electron chi connectivity index (χ2n) is 5.16. The van der Waals surface area contributed by atoms with Crippen LogP contribution in [-0.2, 0) is 4.79 Å². The second kappa shape index (κ2) is 8.36. The number of amides is 1. The number of aryl methyl sites for hydroxylation is 1. The van der Waals surface area contributed by atoms with E-state index in [9.17, 15) is 4.79 Å². The van der Waals surface area contributed by atoms with Crippen molar-refractivity contribution >= 4 is 23.2 Å². The fourth-order valence-electron chi connectivity index (χ4n) is 1.93. The number of halogens is 1. The molecule has 0 unspecified atom stereocenters. The van der Waals surface area contributed by atoms with E-state index in [4.69, 9.17) is 21.1 Å². The van der Waals surface area contributed by atoms with Crippen LogP contribution in [0.2, 0.25) is 5.02 Å². The maximum atomic E-state index is 11.8. The van der Waals surface area contributed by atoms with Crippen LogP contribution in [0, 0.1) is 6.92 Å². The summed E-state index contributed by atoms with van der Waals surface area (Å²) in [6.45, 7) is 3.56. The van der Waals surface area contributed by atoms with Gasteiger partial charge in [0.15, 0.2) is 6.61 Å². The minimum absolute atomic E-state index is 0.125. The molecule has 5 nitrogen and oxygen atoms in total. The zero-order valence-electron chi connectivity index (χ0n) is 13.8. The van der Waals surface area contributed by atoms with Gasteiger partial charge in [-0.1, -0.05) is 11.6 Å².